The van der Waals surface area contributed by atoms with E-state index in [4.69, 9.17) is 44.9 Å². The Balaban J connectivity index is 1.31. The van der Waals surface area contributed by atoms with E-state index in [9.17, 15) is 4.79 Å². The zero-order chi connectivity index (χ0) is 25.5. The smallest absolute Gasteiger partial charge is 0.262 e. The van der Waals surface area contributed by atoms with E-state index in [-0.39, 0.29) is 12.5 Å². The van der Waals surface area contributed by atoms with Gasteiger partial charge in [-0.25, -0.2) is 0 Å². The molecule has 0 atom stereocenters. The Kier molecular flexibility index (Phi) is 9.08. The fraction of sp³-hybridized carbons (Fsp3) is 0.286. The molecule has 4 rings (SSSR count). The molecule has 1 saturated heterocycles. The van der Waals surface area contributed by atoms with Gasteiger partial charge >= 0.3 is 0 Å². The molecule has 0 saturated carbocycles. The van der Waals surface area contributed by atoms with Crippen LogP contribution in [-0.4, -0.2) is 42.6 Å². The largest absolute Gasteiger partial charge is 0.493 e. The van der Waals surface area contributed by atoms with Crippen molar-refractivity contribution in [3.05, 3.63) is 87.9 Å². The molecule has 1 N–H and O–H groups in total. The summed E-state index contributed by atoms with van der Waals surface area (Å²) in [5.41, 5.74) is 2.76. The highest BCUT2D eigenvalue weighted by Crippen LogP contribution is 2.30. The maximum absolute atomic E-state index is 12.4. The minimum absolute atomic E-state index is 0.200. The summed E-state index contributed by atoms with van der Waals surface area (Å²) < 4.78 is 11.2. The van der Waals surface area contributed by atoms with Gasteiger partial charge in [-0.05, 0) is 67.1 Å². The number of thiocarbonyl (C=S) groups is 1. The standard InChI is InChI=1S/C28H28Cl2N2O3S/c1-34-26-16-21(28(36)32-13-11-20(12-14-32)15-19-5-3-2-4-6-19)7-10-25(26)35-18-27(33)31-24-9-8-22(29)17-23(24)30/h2-10,16-17,20H,11-15,18H2,1H3,(H,31,33). The van der Waals surface area contributed by atoms with Crippen molar-refractivity contribution in [3.63, 3.8) is 0 Å². The number of amides is 1. The molecule has 0 aliphatic carbocycles. The Labute approximate surface area is 227 Å². The normalized spacial score (nSPS) is 13.8. The van der Waals surface area contributed by atoms with E-state index in [1.165, 1.54) is 5.56 Å². The van der Waals surface area contributed by atoms with Crippen LogP contribution >= 0.6 is 35.4 Å². The van der Waals surface area contributed by atoms with Gasteiger partial charge in [0.1, 0.15) is 4.99 Å². The fourth-order valence-electron chi connectivity index (χ4n) is 4.31. The number of nitrogens with one attached hydrogen (secondary N) is 1. The van der Waals surface area contributed by atoms with Gasteiger partial charge in [-0.1, -0.05) is 65.8 Å². The quantitative estimate of drug-likeness (QED) is 0.323. The minimum atomic E-state index is -0.348. The molecule has 0 unspecified atom stereocenters. The van der Waals surface area contributed by atoms with Crippen molar-refractivity contribution in [1.29, 1.82) is 0 Å². The summed E-state index contributed by atoms with van der Waals surface area (Å²) in [5.74, 6) is 1.30. The second-order valence-corrected chi connectivity index (χ2v) is 9.98. The van der Waals surface area contributed by atoms with Gasteiger partial charge in [0.05, 0.1) is 17.8 Å². The number of piperidine rings is 1. The number of likely N-dealkylation sites (tertiary alicyclic amines) is 1. The molecule has 3 aromatic rings. The third kappa shape index (κ3) is 6.90. The summed E-state index contributed by atoms with van der Waals surface area (Å²) in [7, 11) is 1.57. The summed E-state index contributed by atoms with van der Waals surface area (Å²) in [4.78, 5) is 15.4. The maximum Gasteiger partial charge on any atom is 0.262 e. The zero-order valence-electron chi connectivity index (χ0n) is 20.0. The maximum atomic E-state index is 12.4. The molecular weight excluding hydrogens is 515 g/mol. The molecular formula is C28H28Cl2N2O3S. The summed E-state index contributed by atoms with van der Waals surface area (Å²) in [6.07, 6.45) is 3.33. The van der Waals surface area contributed by atoms with Crippen LogP contribution in [0.5, 0.6) is 11.5 Å². The number of carbonyl (C=O) groups is 1. The van der Waals surface area contributed by atoms with Crippen molar-refractivity contribution in [2.24, 2.45) is 5.92 Å². The number of carbonyl (C=O) groups excluding carboxylic acids is 1. The number of ether oxygens (including phenoxy) is 2. The van der Waals surface area contributed by atoms with Crippen molar-refractivity contribution < 1.29 is 14.3 Å². The molecule has 3 aromatic carbocycles. The highest BCUT2D eigenvalue weighted by Gasteiger charge is 2.22. The van der Waals surface area contributed by atoms with Crippen LogP contribution in [0.15, 0.2) is 66.7 Å². The highest BCUT2D eigenvalue weighted by atomic mass is 35.5. The van der Waals surface area contributed by atoms with Crippen molar-refractivity contribution in [2.45, 2.75) is 19.3 Å². The van der Waals surface area contributed by atoms with E-state index < -0.39 is 0 Å². The summed E-state index contributed by atoms with van der Waals surface area (Å²) in [6, 6.07) is 21.1. The summed E-state index contributed by atoms with van der Waals surface area (Å²) in [6.45, 7) is 1.67. The third-order valence-corrected chi connectivity index (χ3v) is 7.29. The Morgan fingerprint density at radius 3 is 2.47 bits per heavy atom. The number of hydrogen-bond donors (Lipinski definition) is 1. The second kappa shape index (κ2) is 12.4. The van der Waals surface area contributed by atoms with Crippen molar-refractivity contribution >= 4 is 52.0 Å². The van der Waals surface area contributed by atoms with Gasteiger partial charge < -0.3 is 19.7 Å². The molecule has 1 aliphatic heterocycles. The molecule has 1 aliphatic rings. The lowest BCUT2D eigenvalue weighted by Gasteiger charge is -2.34. The predicted octanol–water partition coefficient (Wildman–Crippen LogP) is 6.65. The average molecular weight is 544 g/mol. The summed E-state index contributed by atoms with van der Waals surface area (Å²) >= 11 is 17.8. The lowest BCUT2D eigenvalue weighted by atomic mass is 9.90. The number of anilines is 1. The molecule has 0 spiro atoms. The van der Waals surface area contributed by atoms with E-state index in [1.54, 1.807) is 31.4 Å². The van der Waals surface area contributed by atoms with Gasteiger partial charge in [0, 0.05) is 23.7 Å². The number of benzene rings is 3. The molecule has 1 heterocycles. The number of rotatable bonds is 8. The molecule has 5 nitrogen and oxygen atoms in total. The van der Waals surface area contributed by atoms with Gasteiger partial charge in [0.25, 0.3) is 5.91 Å². The number of nitrogens with zero attached hydrogens (tertiary/aromatic N) is 1. The average Bonchev–Trinajstić information content (AvgIpc) is 2.89. The van der Waals surface area contributed by atoms with E-state index in [0.717, 1.165) is 42.9 Å². The SMILES string of the molecule is COc1cc(C(=S)N2CCC(Cc3ccccc3)CC2)ccc1OCC(=O)Nc1ccc(Cl)cc1Cl. The van der Waals surface area contributed by atoms with E-state index in [0.29, 0.717) is 33.1 Å². The molecule has 0 bridgehead atoms. The van der Waals surface area contributed by atoms with Gasteiger partial charge in [-0.2, -0.15) is 0 Å². The zero-order valence-corrected chi connectivity index (χ0v) is 22.3. The van der Waals surface area contributed by atoms with Crippen molar-refractivity contribution in [2.75, 3.05) is 32.1 Å². The summed E-state index contributed by atoms with van der Waals surface area (Å²) in [5, 5.41) is 3.56. The highest BCUT2D eigenvalue weighted by molar-refractivity contribution is 7.80. The molecule has 0 radical (unpaired) electrons. The topological polar surface area (TPSA) is 50.8 Å². The van der Waals surface area contributed by atoms with Crippen LogP contribution in [0.4, 0.5) is 5.69 Å². The number of methoxy groups -OCH3 is 1. The Bertz CT molecular complexity index is 1210. The first kappa shape index (κ1) is 26.3. The first-order valence-electron chi connectivity index (χ1n) is 11.8. The molecule has 0 aromatic heterocycles. The van der Waals surface area contributed by atoms with Gasteiger partial charge in [-0.3, -0.25) is 4.79 Å². The van der Waals surface area contributed by atoms with E-state index in [1.807, 2.05) is 12.1 Å². The van der Waals surface area contributed by atoms with Crippen LogP contribution in [0.3, 0.4) is 0 Å². The van der Waals surface area contributed by atoms with Crippen molar-refractivity contribution in [3.8, 4) is 11.5 Å². The van der Waals surface area contributed by atoms with Crippen LogP contribution in [0.1, 0.15) is 24.0 Å². The van der Waals surface area contributed by atoms with Crippen LogP contribution in [-0.2, 0) is 11.2 Å². The van der Waals surface area contributed by atoms with Gasteiger partial charge in [0.2, 0.25) is 0 Å². The first-order chi connectivity index (χ1) is 17.4. The lowest BCUT2D eigenvalue weighted by molar-refractivity contribution is -0.118. The number of halogens is 2. The molecule has 188 valence electrons. The van der Waals surface area contributed by atoms with E-state index >= 15 is 0 Å². The van der Waals surface area contributed by atoms with Crippen LogP contribution < -0.4 is 14.8 Å². The third-order valence-electron chi connectivity index (χ3n) is 6.24. The molecule has 1 amide bonds. The monoisotopic (exact) mass is 542 g/mol. The second-order valence-electron chi connectivity index (χ2n) is 8.75. The Morgan fingerprint density at radius 1 is 1.03 bits per heavy atom. The molecule has 36 heavy (non-hydrogen) atoms. The lowest BCUT2D eigenvalue weighted by Crippen LogP contribution is -2.38. The predicted molar refractivity (Wildman–Crippen MR) is 150 cm³/mol. The van der Waals surface area contributed by atoms with Crippen LogP contribution in [0.2, 0.25) is 10.0 Å². The van der Waals surface area contributed by atoms with Crippen LogP contribution in [0.25, 0.3) is 0 Å². The van der Waals surface area contributed by atoms with Crippen molar-refractivity contribution in [1.82, 2.24) is 4.90 Å². The minimum Gasteiger partial charge on any atom is -0.493 e. The first-order valence-corrected chi connectivity index (χ1v) is 13.0. The molecule has 1 fully saturated rings. The van der Waals surface area contributed by atoms with Gasteiger partial charge in [-0.15, -0.1) is 0 Å². The van der Waals surface area contributed by atoms with E-state index in [2.05, 4.69) is 40.5 Å². The molecule has 8 heteroatoms. The Hall–Kier alpha value is -2.80. The fourth-order valence-corrected chi connectivity index (χ4v) is 5.08. The Morgan fingerprint density at radius 2 is 1.78 bits per heavy atom. The van der Waals surface area contributed by atoms with Crippen LogP contribution in [0, 0.1) is 5.92 Å². The number of hydrogen-bond acceptors (Lipinski definition) is 4. The van der Waals surface area contributed by atoms with Gasteiger partial charge in [0.15, 0.2) is 18.1 Å².